The summed E-state index contributed by atoms with van der Waals surface area (Å²) in [5, 5.41) is 3.40. The normalized spacial score (nSPS) is 20.7. The van der Waals surface area contributed by atoms with Crippen molar-refractivity contribution in [3.63, 3.8) is 0 Å². The number of hydrogen-bond donors (Lipinski definition) is 0. The average Bonchev–Trinajstić information content (AvgIpc) is 2.94. The van der Waals surface area contributed by atoms with Crippen molar-refractivity contribution >= 4 is 29.1 Å². The molecule has 1 fully saturated rings. The summed E-state index contributed by atoms with van der Waals surface area (Å²) in [7, 11) is 0. The number of azide groups is 1. The van der Waals surface area contributed by atoms with Crippen LogP contribution in [0.1, 0.15) is 12.0 Å². The predicted molar refractivity (Wildman–Crippen MR) is 87.9 cm³/mol. The summed E-state index contributed by atoms with van der Waals surface area (Å²) in [4.78, 5) is 15.9. The Bertz CT molecular complexity index is 703. The third-order valence-corrected chi connectivity index (χ3v) is 4.69. The highest BCUT2D eigenvalue weighted by Gasteiger charge is 2.32. The molecule has 0 radical (unpaired) electrons. The molecule has 1 amide bonds. The zero-order valence-electron chi connectivity index (χ0n) is 12.3. The number of cyclic esters (lactones) is 1. The summed E-state index contributed by atoms with van der Waals surface area (Å²) >= 11 is 1.83. The molecule has 0 bridgehead atoms. The van der Waals surface area contributed by atoms with Gasteiger partial charge in [0.25, 0.3) is 0 Å². The van der Waals surface area contributed by atoms with E-state index in [0.29, 0.717) is 11.3 Å². The van der Waals surface area contributed by atoms with Crippen LogP contribution in [-0.2, 0) is 4.74 Å². The first kappa shape index (κ1) is 15.7. The Morgan fingerprint density at radius 1 is 1.52 bits per heavy atom. The molecule has 120 valence electrons. The van der Waals surface area contributed by atoms with Crippen LogP contribution < -0.4 is 4.90 Å². The number of allylic oxidation sites excluding steroid dienone is 1. The minimum Gasteiger partial charge on any atom is -0.444 e. The van der Waals surface area contributed by atoms with Gasteiger partial charge >= 0.3 is 6.09 Å². The van der Waals surface area contributed by atoms with E-state index in [1.54, 1.807) is 12.1 Å². The lowest BCUT2D eigenvalue weighted by atomic mass is 10.0. The van der Waals surface area contributed by atoms with Gasteiger partial charge in [0, 0.05) is 16.2 Å². The highest BCUT2D eigenvalue weighted by atomic mass is 32.2. The number of carbonyl (C=O) groups is 1. The highest BCUT2D eigenvalue weighted by molar-refractivity contribution is 7.99. The molecule has 6 nitrogen and oxygen atoms in total. The number of benzene rings is 1. The Labute approximate surface area is 136 Å². The van der Waals surface area contributed by atoms with Gasteiger partial charge in [0.05, 0.1) is 18.8 Å². The highest BCUT2D eigenvalue weighted by Crippen LogP contribution is 2.31. The lowest BCUT2D eigenvalue weighted by Gasteiger charge is -2.17. The molecule has 8 heteroatoms. The van der Waals surface area contributed by atoms with E-state index < -0.39 is 12.2 Å². The predicted octanol–water partition coefficient (Wildman–Crippen LogP) is 3.98. The van der Waals surface area contributed by atoms with Gasteiger partial charge in [-0.15, -0.1) is 0 Å². The molecular weight excluding hydrogens is 319 g/mol. The fourth-order valence-electron chi connectivity index (χ4n) is 2.66. The monoisotopic (exact) mass is 334 g/mol. The van der Waals surface area contributed by atoms with Crippen LogP contribution in [0, 0.1) is 5.82 Å². The van der Waals surface area contributed by atoms with Gasteiger partial charge in [-0.05, 0) is 41.5 Å². The molecule has 2 aliphatic heterocycles. The van der Waals surface area contributed by atoms with Crippen molar-refractivity contribution in [1.82, 2.24) is 0 Å². The molecule has 2 heterocycles. The van der Waals surface area contributed by atoms with Crippen LogP contribution in [0.4, 0.5) is 14.9 Å². The van der Waals surface area contributed by atoms with Crippen LogP contribution in [0.3, 0.4) is 0 Å². The maximum atomic E-state index is 14.4. The number of thioether (sulfide) groups is 1. The molecule has 2 aliphatic rings. The minimum absolute atomic E-state index is 0.0733. The number of anilines is 1. The fraction of sp³-hybridized carbons (Fsp3) is 0.400. The van der Waals surface area contributed by atoms with E-state index in [4.69, 9.17) is 10.3 Å². The van der Waals surface area contributed by atoms with E-state index in [9.17, 15) is 9.18 Å². The molecule has 0 N–H and O–H groups in total. The molecular formula is C15H15FN4O2S. The van der Waals surface area contributed by atoms with Crippen LogP contribution >= 0.6 is 11.8 Å². The second kappa shape index (κ2) is 6.93. The number of nitrogens with zero attached hydrogens (tertiary/aromatic N) is 4. The van der Waals surface area contributed by atoms with Crippen LogP contribution in [-0.4, -0.2) is 36.8 Å². The summed E-state index contributed by atoms with van der Waals surface area (Å²) in [5.41, 5.74) is 10.4. The number of amides is 1. The molecule has 1 atom stereocenters. The summed E-state index contributed by atoms with van der Waals surface area (Å²) in [6.07, 6.45) is 1.84. The lowest BCUT2D eigenvalue weighted by Crippen LogP contribution is -2.25. The van der Waals surface area contributed by atoms with Gasteiger partial charge in [-0.2, -0.15) is 11.8 Å². The third-order valence-electron chi connectivity index (χ3n) is 3.80. The van der Waals surface area contributed by atoms with Crippen LogP contribution in [0.15, 0.2) is 29.4 Å². The smallest absolute Gasteiger partial charge is 0.414 e. The van der Waals surface area contributed by atoms with Gasteiger partial charge in [-0.25, -0.2) is 9.18 Å². The number of hydrogen-bond acceptors (Lipinski definition) is 4. The van der Waals surface area contributed by atoms with Crippen LogP contribution in [0.2, 0.25) is 0 Å². The molecule has 0 aliphatic carbocycles. The summed E-state index contributed by atoms with van der Waals surface area (Å²) < 4.78 is 19.5. The van der Waals surface area contributed by atoms with E-state index in [-0.39, 0.29) is 18.9 Å². The fourth-order valence-corrected chi connectivity index (χ4v) is 3.51. The van der Waals surface area contributed by atoms with Crippen LogP contribution in [0.25, 0.3) is 16.0 Å². The van der Waals surface area contributed by atoms with Gasteiger partial charge in [0.15, 0.2) is 0 Å². The Hall–Kier alpha value is -2.18. The molecule has 1 saturated heterocycles. The number of carbonyl (C=O) groups excluding carboxylic acids is 1. The van der Waals surface area contributed by atoms with Gasteiger partial charge in [-0.1, -0.05) is 11.2 Å². The number of halogens is 1. The zero-order chi connectivity index (χ0) is 16.2. The second-order valence-electron chi connectivity index (χ2n) is 5.25. The van der Waals surface area contributed by atoms with E-state index in [1.165, 1.54) is 11.0 Å². The topological polar surface area (TPSA) is 78.3 Å². The molecule has 0 saturated carbocycles. The van der Waals surface area contributed by atoms with Crippen molar-refractivity contribution in [1.29, 1.82) is 0 Å². The molecule has 1 aromatic rings. The Balaban J connectivity index is 1.79. The van der Waals surface area contributed by atoms with Crippen molar-refractivity contribution < 1.29 is 13.9 Å². The van der Waals surface area contributed by atoms with Gasteiger partial charge in [0.1, 0.15) is 11.9 Å². The average molecular weight is 334 g/mol. The summed E-state index contributed by atoms with van der Waals surface area (Å²) in [6, 6.07) is 4.79. The maximum Gasteiger partial charge on any atom is 0.414 e. The largest absolute Gasteiger partial charge is 0.444 e. The molecule has 3 rings (SSSR count). The van der Waals surface area contributed by atoms with Crippen molar-refractivity contribution in [3.8, 4) is 0 Å². The summed E-state index contributed by atoms with van der Waals surface area (Å²) in [6.45, 7) is 0.319. The van der Waals surface area contributed by atoms with E-state index in [1.807, 2.05) is 17.8 Å². The Morgan fingerprint density at radius 3 is 3.09 bits per heavy atom. The van der Waals surface area contributed by atoms with E-state index >= 15 is 0 Å². The SMILES string of the molecule is [N-]=[N+]=NC[C@H]1CN(c2ccc(C3=CCSCC3)c(F)c2)C(=O)O1. The lowest BCUT2D eigenvalue weighted by molar-refractivity contribution is 0.145. The minimum atomic E-state index is -0.552. The van der Waals surface area contributed by atoms with E-state index in [0.717, 1.165) is 23.5 Å². The Morgan fingerprint density at radius 2 is 2.39 bits per heavy atom. The molecule has 0 aromatic heterocycles. The van der Waals surface area contributed by atoms with E-state index in [2.05, 4.69) is 10.0 Å². The van der Waals surface area contributed by atoms with Gasteiger partial charge in [0.2, 0.25) is 0 Å². The first-order valence-electron chi connectivity index (χ1n) is 7.24. The second-order valence-corrected chi connectivity index (χ2v) is 6.40. The van der Waals surface area contributed by atoms with Crippen molar-refractivity contribution in [2.75, 3.05) is 29.5 Å². The maximum absolute atomic E-state index is 14.4. The Kier molecular flexibility index (Phi) is 4.73. The zero-order valence-corrected chi connectivity index (χ0v) is 13.1. The molecule has 1 aromatic carbocycles. The molecule has 23 heavy (non-hydrogen) atoms. The standard InChI is InChI=1S/C15H15FN4O2S/c16-14-7-11(1-2-13(14)10-3-5-23-6-4-10)20-9-12(8-18-19-17)22-15(20)21/h1-3,7,12H,4-6,8-9H2/t12-/m0/s1. The molecule has 0 spiro atoms. The van der Waals surface area contributed by atoms with Crippen LogP contribution in [0.5, 0.6) is 0 Å². The number of ether oxygens (including phenoxy) is 1. The third kappa shape index (κ3) is 3.43. The first-order valence-corrected chi connectivity index (χ1v) is 8.40. The van der Waals surface area contributed by atoms with Gasteiger partial charge < -0.3 is 4.74 Å². The van der Waals surface area contributed by atoms with Crippen molar-refractivity contribution in [2.45, 2.75) is 12.5 Å². The molecule has 0 unspecified atom stereocenters. The number of rotatable bonds is 4. The quantitative estimate of drug-likeness (QED) is 0.474. The van der Waals surface area contributed by atoms with Crippen molar-refractivity contribution in [3.05, 3.63) is 46.1 Å². The van der Waals surface area contributed by atoms with Crippen molar-refractivity contribution in [2.24, 2.45) is 5.11 Å². The van der Waals surface area contributed by atoms with Gasteiger partial charge in [-0.3, -0.25) is 4.90 Å². The first-order chi connectivity index (χ1) is 11.2. The summed E-state index contributed by atoms with van der Waals surface area (Å²) in [5.74, 6) is 1.55.